The average Bonchev–Trinajstić information content (AvgIpc) is 3.46. The number of para-hydroxylation sites is 1. The first-order chi connectivity index (χ1) is 15.7. The van der Waals surface area contributed by atoms with Gasteiger partial charge in [-0.05, 0) is 31.4 Å². The number of benzene rings is 2. The Morgan fingerprint density at radius 3 is 2.69 bits per heavy atom. The van der Waals surface area contributed by atoms with Crippen molar-refractivity contribution in [1.82, 2.24) is 15.6 Å². The minimum atomic E-state index is 0.332. The molecular weight excluding hydrogens is 402 g/mol. The summed E-state index contributed by atoms with van der Waals surface area (Å²) in [7, 11) is 3.37. The number of anilines is 1. The second kappa shape index (κ2) is 10.3. The van der Waals surface area contributed by atoms with Crippen LogP contribution in [0.1, 0.15) is 18.9 Å². The largest absolute Gasteiger partial charge is 0.497 e. The summed E-state index contributed by atoms with van der Waals surface area (Å²) in [4.78, 5) is 10.5. The van der Waals surface area contributed by atoms with Gasteiger partial charge in [0, 0.05) is 73.2 Å². The molecule has 2 heterocycles. The number of hydrogen-bond donors (Lipinski definition) is 3. The summed E-state index contributed by atoms with van der Waals surface area (Å²) in [6.45, 7) is 5.55. The SMILES string of the molecule is CCNC(=NCCc1c[nH]c2ccccc12)NC1CCN(c2cc(OC)cc(OC)c2)C1. The summed E-state index contributed by atoms with van der Waals surface area (Å²) in [5.41, 5.74) is 3.60. The van der Waals surface area contributed by atoms with Gasteiger partial charge in [-0.2, -0.15) is 0 Å². The molecule has 1 atom stereocenters. The van der Waals surface area contributed by atoms with Gasteiger partial charge in [0.1, 0.15) is 11.5 Å². The Labute approximate surface area is 189 Å². The highest BCUT2D eigenvalue weighted by Gasteiger charge is 2.24. The number of hydrogen-bond acceptors (Lipinski definition) is 4. The van der Waals surface area contributed by atoms with Gasteiger partial charge < -0.3 is 30.0 Å². The van der Waals surface area contributed by atoms with Crippen molar-refractivity contribution in [3.05, 3.63) is 54.2 Å². The van der Waals surface area contributed by atoms with Crippen LogP contribution in [0.2, 0.25) is 0 Å². The van der Waals surface area contributed by atoms with Gasteiger partial charge in [-0.25, -0.2) is 0 Å². The normalized spacial score (nSPS) is 16.4. The first-order valence-electron chi connectivity index (χ1n) is 11.3. The van der Waals surface area contributed by atoms with Crippen LogP contribution in [0.3, 0.4) is 0 Å². The van der Waals surface area contributed by atoms with Crippen LogP contribution in [0, 0.1) is 0 Å². The van der Waals surface area contributed by atoms with Gasteiger partial charge in [0.2, 0.25) is 0 Å². The molecule has 32 heavy (non-hydrogen) atoms. The third-order valence-electron chi connectivity index (χ3n) is 5.90. The van der Waals surface area contributed by atoms with Gasteiger partial charge in [-0.1, -0.05) is 18.2 Å². The van der Waals surface area contributed by atoms with Crippen LogP contribution >= 0.6 is 0 Å². The molecule has 0 radical (unpaired) electrons. The molecule has 0 bridgehead atoms. The van der Waals surface area contributed by atoms with Crippen LogP contribution in [0.5, 0.6) is 11.5 Å². The molecule has 170 valence electrons. The van der Waals surface area contributed by atoms with Crippen molar-refractivity contribution in [2.45, 2.75) is 25.8 Å². The Morgan fingerprint density at radius 1 is 1.16 bits per heavy atom. The van der Waals surface area contributed by atoms with E-state index in [0.29, 0.717) is 6.04 Å². The molecule has 7 heteroatoms. The quantitative estimate of drug-likeness (QED) is 0.373. The van der Waals surface area contributed by atoms with Gasteiger partial charge in [-0.15, -0.1) is 0 Å². The lowest BCUT2D eigenvalue weighted by atomic mass is 10.1. The molecule has 1 fully saturated rings. The molecule has 0 amide bonds. The van der Waals surface area contributed by atoms with Crippen molar-refractivity contribution in [3.63, 3.8) is 0 Å². The number of aromatic nitrogens is 1. The van der Waals surface area contributed by atoms with Crippen LogP contribution in [0.15, 0.2) is 53.7 Å². The molecule has 0 spiro atoms. The highest BCUT2D eigenvalue weighted by atomic mass is 16.5. The molecule has 0 saturated carbocycles. The number of methoxy groups -OCH3 is 2. The molecule has 1 aliphatic heterocycles. The minimum absolute atomic E-state index is 0.332. The van der Waals surface area contributed by atoms with Gasteiger partial charge in [0.15, 0.2) is 5.96 Å². The van der Waals surface area contributed by atoms with Crippen molar-refractivity contribution in [3.8, 4) is 11.5 Å². The summed E-state index contributed by atoms with van der Waals surface area (Å²) in [5, 5.41) is 8.29. The average molecular weight is 436 g/mol. The molecular formula is C25H33N5O2. The summed E-state index contributed by atoms with van der Waals surface area (Å²) < 4.78 is 10.9. The molecule has 1 saturated heterocycles. The highest BCUT2D eigenvalue weighted by molar-refractivity contribution is 5.83. The zero-order valence-electron chi connectivity index (χ0n) is 19.1. The zero-order chi connectivity index (χ0) is 22.3. The fourth-order valence-electron chi connectivity index (χ4n) is 4.23. The summed E-state index contributed by atoms with van der Waals surface area (Å²) in [5.74, 6) is 2.49. The van der Waals surface area contributed by atoms with Crippen molar-refractivity contribution < 1.29 is 9.47 Å². The molecule has 1 unspecified atom stereocenters. The van der Waals surface area contributed by atoms with E-state index in [1.54, 1.807) is 14.2 Å². The molecule has 2 aromatic carbocycles. The number of nitrogens with one attached hydrogen (secondary N) is 3. The number of ether oxygens (including phenoxy) is 2. The predicted octanol–water partition coefficient (Wildman–Crippen LogP) is 3.56. The van der Waals surface area contributed by atoms with Crippen molar-refractivity contribution in [2.24, 2.45) is 4.99 Å². The van der Waals surface area contributed by atoms with E-state index in [-0.39, 0.29) is 0 Å². The van der Waals surface area contributed by atoms with Crippen LogP contribution in [-0.2, 0) is 6.42 Å². The van der Waals surface area contributed by atoms with E-state index < -0.39 is 0 Å². The highest BCUT2D eigenvalue weighted by Crippen LogP contribution is 2.30. The maximum Gasteiger partial charge on any atom is 0.191 e. The standard InChI is InChI=1S/C25H33N5O2/c1-4-26-25(27-11-9-18-16-28-24-8-6-5-7-23(18)24)29-19-10-12-30(17-19)20-13-21(31-2)15-22(14-20)32-3/h5-8,13-16,19,28H,4,9-12,17H2,1-3H3,(H2,26,27,29). The number of fused-ring (bicyclic) bond motifs is 1. The maximum atomic E-state index is 5.43. The van der Waals surface area contributed by atoms with Crippen LogP contribution < -0.4 is 25.0 Å². The summed E-state index contributed by atoms with van der Waals surface area (Å²) >= 11 is 0. The van der Waals surface area contributed by atoms with E-state index in [2.05, 4.69) is 70.0 Å². The summed E-state index contributed by atoms with van der Waals surface area (Å²) in [6, 6.07) is 14.8. The smallest absolute Gasteiger partial charge is 0.191 e. The zero-order valence-corrected chi connectivity index (χ0v) is 19.1. The number of H-pyrrole nitrogens is 1. The molecule has 1 aliphatic rings. The van der Waals surface area contributed by atoms with Crippen molar-refractivity contribution >= 4 is 22.5 Å². The lowest BCUT2D eigenvalue weighted by molar-refractivity contribution is 0.394. The topological polar surface area (TPSA) is 73.9 Å². The van der Waals surface area contributed by atoms with Crippen molar-refractivity contribution in [2.75, 3.05) is 45.3 Å². The fourth-order valence-corrected chi connectivity index (χ4v) is 4.23. The number of aromatic amines is 1. The third-order valence-corrected chi connectivity index (χ3v) is 5.90. The van der Waals surface area contributed by atoms with E-state index in [4.69, 9.17) is 14.5 Å². The first-order valence-corrected chi connectivity index (χ1v) is 11.3. The predicted molar refractivity (Wildman–Crippen MR) is 131 cm³/mol. The monoisotopic (exact) mass is 435 g/mol. The Balaban J connectivity index is 1.37. The summed E-state index contributed by atoms with van der Waals surface area (Å²) in [6.07, 6.45) is 4.05. The first kappa shape index (κ1) is 21.9. The van der Waals surface area contributed by atoms with Crippen LogP contribution in [0.25, 0.3) is 10.9 Å². The minimum Gasteiger partial charge on any atom is -0.497 e. The molecule has 3 aromatic rings. The van der Waals surface area contributed by atoms with Crippen LogP contribution in [-0.4, -0.2) is 57.4 Å². The molecule has 1 aromatic heterocycles. The molecule has 4 rings (SSSR count). The van der Waals surface area contributed by atoms with E-state index >= 15 is 0 Å². The Hall–Kier alpha value is -3.35. The van der Waals surface area contributed by atoms with E-state index in [0.717, 1.165) is 62.2 Å². The lowest BCUT2D eigenvalue weighted by Crippen LogP contribution is -2.44. The molecule has 7 nitrogen and oxygen atoms in total. The number of rotatable bonds is 8. The van der Waals surface area contributed by atoms with E-state index in [1.165, 1.54) is 16.5 Å². The van der Waals surface area contributed by atoms with Gasteiger partial charge in [0.25, 0.3) is 0 Å². The molecule has 3 N–H and O–H groups in total. The molecule has 0 aliphatic carbocycles. The van der Waals surface area contributed by atoms with E-state index in [1.807, 2.05) is 6.07 Å². The second-order valence-electron chi connectivity index (χ2n) is 8.02. The van der Waals surface area contributed by atoms with Gasteiger partial charge >= 0.3 is 0 Å². The second-order valence-corrected chi connectivity index (χ2v) is 8.02. The lowest BCUT2D eigenvalue weighted by Gasteiger charge is -2.21. The van der Waals surface area contributed by atoms with Crippen LogP contribution in [0.4, 0.5) is 5.69 Å². The Kier molecular flexibility index (Phi) is 7.04. The number of nitrogens with zero attached hydrogens (tertiary/aromatic N) is 2. The van der Waals surface area contributed by atoms with Crippen molar-refractivity contribution in [1.29, 1.82) is 0 Å². The number of guanidine groups is 1. The Bertz CT molecular complexity index is 1040. The third kappa shape index (κ3) is 5.10. The fraction of sp³-hybridized carbons (Fsp3) is 0.400. The van der Waals surface area contributed by atoms with Gasteiger partial charge in [0.05, 0.1) is 14.2 Å². The number of aliphatic imine (C=N–C) groups is 1. The van der Waals surface area contributed by atoms with Gasteiger partial charge in [-0.3, -0.25) is 4.99 Å². The Morgan fingerprint density at radius 2 is 1.94 bits per heavy atom. The maximum absolute atomic E-state index is 5.43. The van der Waals surface area contributed by atoms with E-state index in [9.17, 15) is 0 Å².